The normalized spacial score (nSPS) is 20.1. The molecule has 1 aromatic carbocycles. The molecule has 1 fully saturated rings. The second kappa shape index (κ2) is 6.34. The van der Waals surface area contributed by atoms with Gasteiger partial charge in [-0.15, -0.1) is 0 Å². The highest BCUT2D eigenvalue weighted by Gasteiger charge is 2.35. The zero-order valence-corrected chi connectivity index (χ0v) is 13.6. The standard InChI is InChI=1S/C15H23NO4S/c1-11(2)13-6-7-16(9-13)21(18,19)15-5-4-12(10-17)8-14(15)20-3/h4-5,8,11,13,17H,6-7,9-10H2,1-3H3. The Labute approximate surface area is 126 Å². The predicted molar refractivity (Wildman–Crippen MR) is 80.6 cm³/mol. The van der Waals surface area contributed by atoms with E-state index < -0.39 is 10.0 Å². The third kappa shape index (κ3) is 3.22. The van der Waals surface area contributed by atoms with E-state index in [9.17, 15) is 8.42 Å². The van der Waals surface area contributed by atoms with Crippen LogP contribution in [0.2, 0.25) is 0 Å². The van der Waals surface area contributed by atoms with Gasteiger partial charge in [0.25, 0.3) is 0 Å². The first kappa shape index (κ1) is 16.3. The number of aliphatic hydroxyl groups excluding tert-OH is 1. The molecule has 1 saturated heterocycles. The van der Waals surface area contributed by atoms with Crippen molar-refractivity contribution in [2.75, 3.05) is 20.2 Å². The van der Waals surface area contributed by atoms with Crippen molar-refractivity contribution in [1.82, 2.24) is 4.31 Å². The number of aliphatic hydroxyl groups is 1. The van der Waals surface area contributed by atoms with Gasteiger partial charge in [0.05, 0.1) is 13.7 Å². The molecular weight excluding hydrogens is 290 g/mol. The van der Waals surface area contributed by atoms with Crippen molar-refractivity contribution in [1.29, 1.82) is 0 Å². The van der Waals surface area contributed by atoms with Gasteiger partial charge in [-0.1, -0.05) is 19.9 Å². The van der Waals surface area contributed by atoms with E-state index in [1.807, 2.05) is 0 Å². The highest BCUT2D eigenvalue weighted by Crippen LogP contribution is 2.32. The lowest BCUT2D eigenvalue weighted by atomic mass is 9.96. The first-order valence-electron chi connectivity index (χ1n) is 7.18. The van der Waals surface area contributed by atoms with E-state index in [4.69, 9.17) is 9.84 Å². The molecule has 6 heteroatoms. The Morgan fingerprint density at radius 1 is 1.43 bits per heavy atom. The molecule has 21 heavy (non-hydrogen) atoms. The molecular formula is C15H23NO4S. The van der Waals surface area contributed by atoms with Crippen LogP contribution in [0.5, 0.6) is 5.75 Å². The Morgan fingerprint density at radius 2 is 2.14 bits per heavy atom. The largest absolute Gasteiger partial charge is 0.495 e. The topological polar surface area (TPSA) is 66.8 Å². The van der Waals surface area contributed by atoms with E-state index in [1.54, 1.807) is 12.1 Å². The van der Waals surface area contributed by atoms with E-state index in [0.717, 1.165) is 6.42 Å². The van der Waals surface area contributed by atoms with E-state index in [-0.39, 0.29) is 17.3 Å². The van der Waals surface area contributed by atoms with E-state index >= 15 is 0 Å². The molecule has 0 amide bonds. The molecule has 0 aliphatic carbocycles. The summed E-state index contributed by atoms with van der Waals surface area (Å²) in [4.78, 5) is 0.173. The van der Waals surface area contributed by atoms with Gasteiger partial charge in [-0.2, -0.15) is 4.31 Å². The smallest absolute Gasteiger partial charge is 0.246 e. The van der Waals surface area contributed by atoms with Crippen molar-refractivity contribution < 1.29 is 18.3 Å². The van der Waals surface area contributed by atoms with Gasteiger partial charge >= 0.3 is 0 Å². The average Bonchev–Trinajstić information content (AvgIpc) is 2.97. The maximum absolute atomic E-state index is 12.8. The molecule has 1 aliphatic heterocycles. The summed E-state index contributed by atoms with van der Waals surface area (Å²) < 4.78 is 32.3. The molecule has 0 bridgehead atoms. The van der Waals surface area contributed by atoms with E-state index in [2.05, 4.69) is 13.8 Å². The fraction of sp³-hybridized carbons (Fsp3) is 0.600. The van der Waals surface area contributed by atoms with Crippen LogP contribution in [0.3, 0.4) is 0 Å². The molecule has 0 saturated carbocycles. The summed E-state index contributed by atoms with van der Waals surface area (Å²) in [5.41, 5.74) is 0.632. The second-order valence-corrected chi connectivity index (χ2v) is 7.71. The monoisotopic (exact) mass is 313 g/mol. The molecule has 1 heterocycles. The number of rotatable bonds is 5. The van der Waals surface area contributed by atoms with Crippen LogP contribution in [0.1, 0.15) is 25.8 Å². The number of ether oxygens (including phenoxy) is 1. The maximum atomic E-state index is 12.8. The minimum Gasteiger partial charge on any atom is -0.495 e. The summed E-state index contributed by atoms with van der Waals surface area (Å²) in [6.07, 6.45) is 0.897. The summed E-state index contributed by atoms with van der Waals surface area (Å²) >= 11 is 0. The molecule has 5 nitrogen and oxygen atoms in total. The van der Waals surface area contributed by atoms with Crippen molar-refractivity contribution >= 4 is 10.0 Å². The van der Waals surface area contributed by atoms with Crippen LogP contribution >= 0.6 is 0 Å². The zero-order valence-electron chi connectivity index (χ0n) is 12.7. The highest BCUT2D eigenvalue weighted by atomic mass is 32.2. The molecule has 1 N–H and O–H groups in total. The third-order valence-electron chi connectivity index (χ3n) is 4.16. The lowest BCUT2D eigenvalue weighted by Crippen LogP contribution is -2.29. The first-order chi connectivity index (χ1) is 9.90. The molecule has 118 valence electrons. The molecule has 0 aromatic heterocycles. The van der Waals surface area contributed by atoms with Crippen LogP contribution in [-0.4, -0.2) is 38.0 Å². The second-order valence-electron chi connectivity index (χ2n) is 5.80. The Hall–Kier alpha value is -1.11. The molecule has 1 aromatic rings. The Morgan fingerprint density at radius 3 is 2.67 bits per heavy atom. The van der Waals surface area contributed by atoms with Crippen LogP contribution in [0.25, 0.3) is 0 Å². The van der Waals surface area contributed by atoms with Crippen LogP contribution in [0.15, 0.2) is 23.1 Å². The molecule has 0 spiro atoms. The van der Waals surface area contributed by atoms with Crippen LogP contribution in [0, 0.1) is 11.8 Å². The summed E-state index contributed by atoms with van der Waals surface area (Å²) in [6, 6.07) is 4.71. The Balaban J connectivity index is 2.32. The van der Waals surface area contributed by atoms with Gasteiger partial charge in [-0.3, -0.25) is 0 Å². The summed E-state index contributed by atoms with van der Waals surface area (Å²) in [7, 11) is -2.11. The average molecular weight is 313 g/mol. The maximum Gasteiger partial charge on any atom is 0.246 e. The lowest BCUT2D eigenvalue weighted by molar-refractivity contribution is 0.280. The summed E-state index contributed by atoms with van der Waals surface area (Å²) in [5.74, 6) is 1.17. The quantitative estimate of drug-likeness (QED) is 0.901. The van der Waals surface area contributed by atoms with Gasteiger partial charge in [0.2, 0.25) is 10.0 Å². The van der Waals surface area contributed by atoms with Gasteiger partial charge in [-0.25, -0.2) is 8.42 Å². The fourth-order valence-corrected chi connectivity index (χ4v) is 4.33. The van der Waals surface area contributed by atoms with Gasteiger partial charge < -0.3 is 9.84 Å². The number of nitrogens with zero attached hydrogens (tertiary/aromatic N) is 1. The molecule has 1 unspecified atom stereocenters. The number of hydrogen-bond acceptors (Lipinski definition) is 4. The molecule has 1 atom stereocenters. The van der Waals surface area contributed by atoms with Crippen LogP contribution in [-0.2, 0) is 16.6 Å². The molecule has 2 rings (SSSR count). The lowest BCUT2D eigenvalue weighted by Gasteiger charge is -2.19. The zero-order chi connectivity index (χ0) is 15.6. The number of benzene rings is 1. The van der Waals surface area contributed by atoms with E-state index in [0.29, 0.717) is 30.5 Å². The van der Waals surface area contributed by atoms with Gasteiger partial charge in [0, 0.05) is 13.1 Å². The summed E-state index contributed by atoms with van der Waals surface area (Å²) in [5, 5.41) is 9.14. The van der Waals surface area contributed by atoms with Crippen LogP contribution < -0.4 is 4.74 Å². The number of hydrogen-bond donors (Lipinski definition) is 1. The highest BCUT2D eigenvalue weighted by molar-refractivity contribution is 7.89. The van der Waals surface area contributed by atoms with Gasteiger partial charge in [-0.05, 0) is 36.0 Å². The Bertz CT molecular complexity index is 598. The molecule has 1 aliphatic rings. The Kier molecular flexibility index (Phi) is 4.91. The number of sulfonamides is 1. The summed E-state index contributed by atoms with van der Waals surface area (Å²) in [6.45, 7) is 5.21. The van der Waals surface area contributed by atoms with Crippen molar-refractivity contribution in [2.24, 2.45) is 11.8 Å². The van der Waals surface area contributed by atoms with Crippen molar-refractivity contribution in [2.45, 2.75) is 31.8 Å². The van der Waals surface area contributed by atoms with Crippen molar-refractivity contribution in [3.63, 3.8) is 0 Å². The van der Waals surface area contributed by atoms with Crippen LogP contribution in [0.4, 0.5) is 0 Å². The minimum atomic E-state index is -3.55. The number of methoxy groups -OCH3 is 1. The van der Waals surface area contributed by atoms with Crippen molar-refractivity contribution in [3.05, 3.63) is 23.8 Å². The van der Waals surface area contributed by atoms with E-state index in [1.165, 1.54) is 17.5 Å². The van der Waals surface area contributed by atoms with Crippen molar-refractivity contribution in [3.8, 4) is 5.75 Å². The third-order valence-corrected chi connectivity index (χ3v) is 6.06. The van der Waals surface area contributed by atoms with Gasteiger partial charge in [0.1, 0.15) is 10.6 Å². The predicted octanol–water partition coefficient (Wildman–Crippen LogP) is 1.85. The molecule has 0 radical (unpaired) electrons. The SMILES string of the molecule is COc1cc(CO)ccc1S(=O)(=O)N1CCC(C(C)C)C1. The minimum absolute atomic E-state index is 0.143. The first-order valence-corrected chi connectivity index (χ1v) is 8.62. The fourth-order valence-electron chi connectivity index (χ4n) is 2.68. The van der Waals surface area contributed by atoms with Gasteiger partial charge in [0.15, 0.2) is 0 Å².